The van der Waals surface area contributed by atoms with Gasteiger partial charge in [-0.3, -0.25) is 0 Å². The molecular formula is C19H42OSi. The largest absolute Gasteiger partial charge is 0.417 e. The summed E-state index contributed by atoms with van der Waals surface area (Å²) in [6.45, 7) is 10.3. The van der Waals surface area contributed by atoms with Crippen LogP contribution < -0.4 is 0 Å². The molecule has 0 rings (SSSR count). The van der Waals surface area contributed by atoms with E-state index in [2.05, 4.69) is 27.7 Å². The SMILES string of the molecule is CCCCC[Si](CCCCC)(CCCCC)OCCCC. The average Bonchev–Trinajstić information content (AvgIpc) is 2.48. The number of rotatable bonds is 16. The van der Waals surface area contributed by atoms with Crippen LogP contribution in [0.25, 0.3) is 0 Å². The quantitative estimate of drug-likeness (QED) is 0.214. The van der Waals surface area contributed by atoms with Gasteiger partial charge in [0.1, 0.15) is 0 Å². The van der Waals surface area contributed by atoms with E-state index in [-0.39, 0.29) is 0 Å². The van der Waals surface area contributed by atoms with Crippen molar-refractivity contribution in [2.24, 2.45) is 0 Å². The Hall–Kier alpha value is 0.177. The highest BCUT2D eigenvalue weighted by Crippen LogP contribution is 2.30. The second-order valence-corrected chi connectivity index (χ2v) is 10.9. The number of hydrogen-bond acceptors (Lipinski definition) is 1. The van der Waals surface area contributed by atoms with E-state index >= 15 is 0 Å². The fraction of sp³-hybridized carbons (Fsp3) is 1.00. The van der Waals surface area contributed by atoms with Gasteiger partial charge in [0, 0.05) is 6.61 Å². The summed E-state index contributed by atoms with van der Waals surface area (Å²) in [4.78, 5) is 0. The first-order valence-electron chi connectivity index (χ1n) is 9.88. The lowest BCUT2D eigenvalue weighted by Crippen LogP contribution is -2.38. The van der Waals surface area contributed by atoms with Crippen LogP contribution in [0.2, 0.25) is 18.1 Å². The van der Waals surface area contributed by atoms with E-state index in [0.717, 1.165) is 6.61 Å². The summed E-state index contributed by atoms with van der Waals surface area (Å²) in [5.74, 6) is 0. The van der Waals surface area contributed by atoms with Gasteiger partial charge in [-0.05, 0) is 24.6 Å². The van der Waals surface area contributed by atoms with E-state index in [1.165, 1.54) is 88.8 Å². The maximum absolute atomic E-state index is 6.65. The van der Waals surface area contributed by atoms with E-state index in [1.54, 1.807) is 0 Å². The second kappa shape index (κ2) is 15.1. The van der Waals surface area contributed by atoms with Crippen molar-refractivity contribution in [3.63, 3.8) is 0 Å². The molecule has 0 aliphatic rings. The Bertz CT molecular complexity index is 160. The van der Waals surface area contributed by atoms with Gasteiger partial charge >= 0.3 is 0 Å². The maximum Gasteiger partial charge on any atom is 0.192 e. The first kappa shape index (κ1) is 21.2. The molecule has 0 unspecified atom stereocenters. The van der Waals surface area contributed by atoms with Crippen LogP contribution in [0.15, 0.2) is 0 Å². The highest BCUT2D eigenvalue weighted by atomic mass is 28.4. The van der Waals surface area contributed by atoms with Crippen LogP contribution >= 0.6 is 0 Å². The molecule has 2 heteroatoms. The molecule has 0 radical (unpaired) electrons. The first-order valence-corrected chi connectivity index (χ1v) is 12.4. The molecule has 21 heavy (non-hydrogen) atoms. The molecule has 0 aliphatic carbocycles. The van der Waals surface area contributed by atoms with Gasteiger partial charge in [0.15, 0.2) is 8.32 Å². The summed E-state index contributed by atoms with van der Waals surface area (Å²) >= 11 is 0. The number of unbranched alkanes of at least 4 members (excludes halogenated alkanes) is 7. The first-order chi connectivity index (χ1) is 10.2. The summed E-state index contributed by atoms with van der Waals surface area (Å²) in [7, 11) is -1.44. The van der Waals surface area contributed by atoms with Gasteiger partial charge < -0.3 is 4.43 Å². The van der Waals surface area contributed by atoms with Crippen molar-refractivity contribution in [1.82, 2.24) is 0 Å². The minimum atomic E-state index is -1.44. The van der Waals surface area contributed by atoms with Crippen LogP contribution in [0.4, 0.5) is 0 Å². The van der Waals surface area contributed by atoms with E-state index in [0.29, 0.717) is 0 Å². The van der Waals surface area contributed by atoms with E-state index in [4.69, 9.17) is 4.43 Å². The van der Waals surface area contributed by atoms with Gasteiger partial charge in [0.2, 0.25) is 0 Å². The van der Waals surface area contributed by atoms with Gasteiger partial charge in [-0.25, -0.2) is 0 Å². The van der Waals surface area contributed by atoms with Gasteiger partial charge in [-0.15, -0.1) is 0 Å². The molecule has 0 atom stereocenters. The van der Waals surface area contributed by atoms with Crippen LogP contribution in [0.1, 0.15) is 98.3 Å². The third kappa shape index (κ3) is 11.4. The molecule has 1 nitrogen and oxygen atoms in total. The zero-order valence-corrected chi connectivity index (χ0v) is 16.5. The van der Waals surface area contributed by atoms with E-state index < -0.39 is 8.32 Å². The number of hydrogen-bond donors (Lipinski definition) is 0. The Balaban J connectivity index is 4.52. The van der Waals surface area contributed by atoms with Crippen molar-refractivity contribution < 1.29 is 4.43 Å². The fourth-order valence-corrected chi connectivity index (χ4v) is 7.56. The van der Waals surface area contributed by atoms with Crippen molar-refractivity contribution in [3.05, 3.63) is 0 Å². The Kier molecular flexibility index (Phi) is 15.2. The zero-order valence-electron chi connectivity index (χ0n) is 15.5. The normalized spacial score (nSPS) is 12.0. The average molecular weight is 315 g/mol. The van der Waals surface area contributed by atoms with Crippen molar-refractivity contribution in [2.75, 3.05) is 6.61 Å². The maximum atomic E-state index is 6.65. The molecule has 0 aromatic heterocycles. The topological polar surface area (TPSA) is 9.23 Å². The molecular weight excluding hydrogens is 272 g/mol. The van der Waals surface area contributed by atoms with Crippen LogP contribution in [0.3, 0.4) is 0 Å². The minimum absolute atomic E-state index is 1.03. The van der Waals surface area contributed by atoms with Crippen LogP contribution in [0.5, 0.6) is 0 Å². The Morgan fingerprint density at radius 3 is 1.24 bits per heavy atom. The van der Waals surface area contributed by atoms with Crippen LogP contribution in [0, 0.1) is 0 Å². The van der Waals surface area contributed by atoms with Crippen molar-refractivity contribution >= 4 is 8.32 Å². The molecule has 0 aromatic carbocycles. The highest BCUT2D eigenvalue weighted by molar-refractivity contribution is 6.73. The minimum Gasteiger partial charge on any atom is -0.417 e. The predicted molar refractivity (Wildman–Crippen MR) is 99.6 cm³/mol. The van der Waals surface area contributed by atoms with E-state index in [1.807, 2.05) is 0 Å². The van der Waals surface area contributed by atoms with Crippen molar-refractivity contribution in [2.45, 2.75) is 116 Å². The molecule has 0 saturated heterocycles. The van der Waals surface area contributed by atoms with Crippen LogP contribution in [-0.2, 0) is 4.43 Å². The Labute approximate surface area is 136 Å². The fourth-order valence-electron chi connectivity index (χ4n) is 3.12. The molecule has 128 valence electrons. The predicted octanol–water partition coefficient (Wildman–Crippen LogP) is 7.32. The molecule has 0 bridgehead atoms. The smallest absolute Gasteiger partial charge is 0.192 e. The molecule has 0 saturated carbocycles. The molecule has 0 aromatic rings. The molecule has 0 amide bonds. The second-order valence-electron chi connectivity index (χ2n) is 6.76. The molecule has 0 heterocycles. The van der Waals surface area contributed by atoms with Crippen molar-refractivity contribution in [3.8, 4) is 0 Å². The summed E-state index contributed by atoms with van der Waals surface area (Å²) in [5, 5.41) is 0. The third-order valence-corrected chi connectivity index (χ3v) is 9.22. The standard InChI is InChI=1S/C19H42OSi/c1-5-9-13-17-21(18-14-10-6-2,19-15-11-7-3)20-16-12-8-4/h5-19H2,1-4H3. The third-order valence-electron chi connectivity index (χ3n) is 4.61. The highest BCUT2D eigenvalue weighted by Gasteiger charge is 2.33. The lowest BCUT2D eigenvalue weighted by atomic mass is 10.3. The lowest BCUT2D eigenvalue weighted by Gasteiger charge is -2.32. The summed E-state index contributed by atoms with van der Waals surface area (Å²) in [6.07, 6.45) is 14.9. The van der Waals surface area contributed by atoms with E-state index in [9.17, 15) is 0 Å². The zero-order chi connectivity index (χ0) is 15.8. The van der Waals surface area contributed by atoms with Gasteiger partial charge in [0.05, 0.1) is 0 Å². The summed E-state index contributed by atoms with van der Waals surface area (Å²) < 4.78 is 6.65. The van der Waals surface area contributed by atoms with Gasteiger partial charge in [-0.2, -0.15) is 0 Å². The van der Waals surface area contributed by atoms with Gasteiger partial charge in [0.25, 0.3) is 0 Å². The van der Waals surface area contributed by atoms with Gasteiger partial charge in [-0.1, -0.05) is 91.9 Å². The van der Waals surface area contributed by atoms with Crippen molar-refractivity contribution in [1.29, 1.82) is 0 Å². The van der Waals surface area contributed by atoms with Crippen LogP contribution in [-0.4, -0.2) is 14.9 Å². The molecule has 0 fully saturated rings. The lowest BCUT2D eigenvalue weighted by molar-refractivity contribution is 0.285. The summed E-state index contributed by atoms with van der Waals surface area (Å²) in [6, 6.07) is 4.29. The Morgan fingerprint density at radius 2 is 0.905 bits per heavy atom. The molecule has 0 aliphatic heterocycles. The Morgan fingerprint density at radius 1 is 0.524 bits per heavy atom. The molecule has 0 N–H and O–H groups in total. The summed E-state index contributed by atoms with van der Waals surface area (Å²) in [5.41, 5.74) is 0. The monoisotopic (exact) mass is 314 g/mol. The molecule has 0 spiro atoms.